The summed E-state index contributed by atoms with van der Waals surface area (Å²) >= 11 is 0. The first-order valence-corrected chi connectivity index (χ1v) is 16.1. The van der Waals surface area contributed by atoms with Gasteiger partial charge in [-0.15, -0.1) is 0 Å². The summed E-state index contributed by atoms with van der Waals surface area (Å²) in [6, 6.07) is 32.2. The lowest BCUT2D eigenvalue weighted by molar-refractivity contribution is 0.0113. The fourth-order valence-corrected chi connectivity index (χ4v) is 6.58. The molecule has 0 aliphatic heterocycles. The molecule has 1 amide bonds. The van der Waals surface area contributed by atoms with Crippen LogP contribution in [0, 0.1) is 0 Å². The highest BCUT2D eigenvalue weighted by Gasteiger charge is 2.28. The van der Waals surface area contributed by atoms with Crippen molar-refractivity contribution in [1.29, 1.82) is 0 Å². The van der Waals surface area contributed by atoms with Crippen molar-refractivity contribution in [3.63, 3.8) is 0 Å². The van der Waals surface area contributed by atoms with Crippen LogP contribution in [0.15, 0.2) is 97.1 Å². The Hall–Kier alpha value is -4.35. The molecule has 4 aromatic carbocycles. The molecular formula is C40H43NO4. The Kier molecular flexibility index (Phi) is 9.09. The van der Waals surface area contributed by atoms with E-state index in [9.17, 15) is 9.90 Å². The van der Waals surface area contributed by atoms with Crippen molar-refractivity contribution in [1.82, 2.24) is 5.32 Å². The van der Waals surface area contributed by atoms with E-state index in [1.165, 1.54) is 16.7 Å². The smallest absolute Gasteiger partial charge is 0.252 e. The maximum atomic E-state index is 14.0. The van der Waals surface area contributed by atoms with Gasteiger partial charge in [-0.3, -0.25) is 4.79 Å². The average molecular weight is 602 g/mol. The van der Waals surface area contributed by atoms with Crippen LogP contribution in [-0.2, 0) is 17.8 Å². The second kappa shape index (κ2) is 13.3. The van der Waals surface area contributed by atoms with Gasteiger partial charge in [-0.2, -0.15) is 0 Å². The molecule has 4 aromatic rings. The average Bonchev–Trinajstić information content (AvgIpc) is 3.04. The Morgan fingerprint density at radius 3 is 2.22 bits per heavy atom. The highest BCUT2D eigenvalue weighted by molar-refractivity contribution is 6.08. The van der Waals surface area contributed by atoms with Gasteiger partial charge < -0.3 is 19.9 Å². The van der Waals surface area contributed by atoms with Crippen LogP contribution in [-0.4, -0.2) is 28.8 Å². The zero-order valence-electron chi connectivity index (χ0n) is 26.5. The van der Waals surface area contributed by atoms with Crippen molar-refractivity contribution in [3.05, 3.63) is 130 Å². The van der Waals surface area contributed by atoms with Crippen molar-refractivity contribution in [2.45, 2.75) is 83.6 Å². The van der Waals surface area contributed by atoms with Gasteiger partial charge in [-0.1, -0.05) is 66.7 Å². The molecular weight excluding hydrogens is 558 g/mol. The van der Waals surface area contributed by atoms with Gasteiger partial charge in [0.15, 0.2) is 0 Å². The third-order valence-corrected chi connectivity index (χ3v) is 8.69. The summed E-state index contributed by atoms with van der Waals surface area (Å²) in [7, 11) is 0. The summed E-state index contributed by atoms with van der Waals surface area (Å²) in [6.07, 6.45) is 5.42. The number of nitrogens with one attached hydrogen (secondary N) is 1. The molecule has 2 N–H and O–H groups in total. The predicted octanol–water partition coefficient (Wildman–Crippen LogP) is 8.73. The number of allylic oxidation sites excluding steroid dienone is 1. The number of aryl methyl sites for hydroxylation is 1. The SMILES string of the molecule is CC(C)(C)Oc1ccc2c(c1)CCC(c1ccccc1)=C2c1ccc(O)cc1C(=O)NC1CCC(OCc2ccccc2)CC1. The van der Waals surface area contributed by atoms with E-state index in [-0.39, 0.29) is 29.4 Å². The molecule has 5 nitrogen and oxygen atoms in total. The minimum Gasteiger partial charge on any atom is -0.508 e. The number of phenols is 1. The second-order valence-corrected chi connectivity index (χ2v) is 13.2. The van der Waals surface area contributed by atoms with E-state index < -0.39 is 0 Å². The molecule has 0 aromatic heterocycles. The number of rotatable bonds is 8. The van der Waals surface area contributed by atoms with Crippen molar-refractivity contribution in [2.24, 2.45) is 0 Å². The molecule has 0 unspecified atom stereocenters. The summed E-state index contributed by atoms with van der Waals surface area (Å²) in [6.45, 7) is 6.77. The van der Waals surface area contributed by atoms with E-state index in [0.717, 1.165) is 66.5 Å². The Balaban J connectivity index is 1.27. The van der Waals surface area contributed by atoms with E-state index in [2.05, 4.69) is 74.6 Å². The van der Waals surface area contributed by atoms with E-state index >= 15 is 0 Å². The molecule has 0 atom stereocenters. The summed E-state index contributed by atoms with van der Waals surface area (Å²) in [5.74, 6) is 0.763. The van der Waals surface area contributed by atoms with Gasteiger partial charge in [0, 0.05) is 6.04 Å². The molecule has 0 bridgehead atoms. The first-order chi connectivity index (χ1) is 21.7. The van der Waals surface area contributed by atoms with Crippen molar-refractivity contribution >= 4 is 17.1 Å². The molecule has 2 aliphatic carbocycles. The minimum atomic E-state index is -0.299. The lowest BCUT2D eigenvalue weighted by Crippen LogP contribution is -2.39. The predicted molar refractivity (Wildman–Crippen MR) is 180 cm³/mol. The number of hydrogen-bond acceptors (Lipinski definition) is 4. The largest absolute Gasteiger partial charge is 0.508 e. The zero-order valence-corrected chi connectivity index (χ0v) is 26.5. The third kappa shape index (κ3) is 7.49. The number of amides is 1. The normalized spacial score (nSPS) is 18.3. The van der Waals surface area contributed by atoms with Gasteiger partial charge in [-0.05, 0) is 129 Å². The van der Waals surface area contributed by atoms with E-state index in [4.69, 9.17) is 9.47 Å². The Bertz CT molecular complexity index is 1660. The molecule has 6 rings (SSSR count). The van der Waals surface area contributed by atoms with Crippen LogP contribution >= 0.6 is 0 Å². The lowest BCUT2D eigenvalue weighted by atomic mass is 9.78. The van der Waals surface area contributed by atoms with Gasteiger partial charge in [-0.25, -0.2) is 0 Å². The van der Waals surface area contributed by atoms with Crippen LogP contribution in [0.25, 0.3) is 11.1 Å². The molecule has 1 fully saturated rings. The van der Waals surface area contributed by atoms with E-state index in [1.54, 1.807) is 12.1 Å². The van der Waals surface area contributed by atoms with Gasteiger partial charge in [0.1, 0.15) is 17.1 Å². The number of benzene rings is 4. The molecule has 232 valence electrons. The molecule has 0 saturated heterocycles. The number of hydrogen-bond donors (Lipinski definition) is 2. The molecule has 5 heteroatoms. The molecule has 1 saturated carbocycles. The van der Waals surface area contributed by atoms with Crippen LogP contribution in [0.4, 0.5) is 0 Å². The summed E-state index contributed by atoms with van der Waals surface area (Å²) in [4.78, 5) is 14.0. The quantitative estimate of drug-likeness (QED) is 0.212. The second-order valence-electron chi connectivity index (χ2n) is 13.2. The topological polar surface area (TPSA) is 67.8 Å². The van der Waals surface area contributed by atoms with E-state index in [1.807, 2.05) is 36.4 Å². The van der Waals surface area contributed by atoms with Crippen LogP contribution in [0.1, 0.15) is 91.1 Å². The number of aromatic hydroxyl groups is 1. The number of ether oxygens (including phenoxy) is 2. The van der Waals surface area contributed by atoms with Crippen molar-refractivity contribution < 1.29 is 19.4 Å². The monoisotopic (exact) mass is 601 g/mol. The summed E-state index contributed by atoms with van der Waals surface area (Å²) in [5.41, 5.74) is 7.86. The van der Waals surface area contributed by atoms with Gasteiger partial charge >= 0.3 is 0 Å². The molecule has 0 spiro atoms. The standard InChI is InChI=1S/C40H43NO4/c1-40(2,3)45-33-20-23-35-29(24-33)14-21-34(28-12-8-5-9-13-28)38(35)36-22-17-31(42)25-37(36)39(43)41-30-15-18-32(19-16-30)44-26-27-10-6-4-7-11-27/h4-13,17,20,22-25,30,32,42H,14-16,18-19,21,26H2,1-3H3,(H,41,43). The maximum absolute atomic E-state index is 14.0. The molecule has 0 radical (unpaired) electrons. The number of carbonyl (C=O) groups excluding carboxylic acids is 1. The third-order valence-electron chi connectivity index (χ3n) is 8.69. The fraction of sp³-hybridized carbons (Fsp3) is 0.325. The minimum absolute atomic E-state index is 0.0580. The first-order valence-electron chi connectivity index (χ1n) is 16.1. The zero-order chi connectivity index (χ0) is 31.4. The fourth-order valence-electron chi connectivity index (χ4n) is 6.58. The summed E-state index contributed by atoms with van der Waals surface area (Å²) < 4.78 is 12.4. The maximum Gasteiger partial charge on any atom is 0.252 e. The Labute approximate surface area is 266 Å². The van der Waals surface area contributed by atoms with Gasteiger partial charge in [0.25, 0.3) is 5.91 Å². The lowest BCUT2D eigenvalue weighted by Gasteiger charge is -2.30. The van der Waals surface area contributed by atoms with Gasteiger partial charge in [0.05, 0.1) is 18.3 Å². The number of phenolic OH excluding ortho intramolecular Hbond substituents is 1. The highest BCUT2D eigenvalue weighted by atomic mass is 16.5. The number of fused-ring (bicyclic) bond motifs is 1. The molecule has 45 heavy (non-hydrogen) atoms. The van der Waals surface area contributed by atoms with Crippen LogP contribution < -0.4 is 10.1 Å². The van der Waals surface area contributed by atoms with Crippen LogP contribution in [0.3, 0.4) is 0 Å². The Morgan fingerprint density at radius 2 is 1.51 bits per heavy atom. The van der Waals surface area contributed by atoms with E-state index in [0.29, 0.717) is 12.2 Å². The molecule has 2 aliphatic rings. The van der Waals surface area contributed by atoms with Crippen molar-refractivity contribution in [2.75, 3.05) is 0 Å². The Morgan fingerprint density at radius 1 is 0.822 bits per heavy atom. The van der Waals surface area contributed by atoms with Crippen LogP contribution in [0.5, 0.6) is 11.5 Å². The molecule has 0 heterocycles. The number of carbonyl (C=O) groups is 1. The van der Waals surface area contributed by atoms with Gasteiger partial charge in [0.2, 0.25) is 0 Å². The first kappa shape index (κ1) is 30.7. The van der Waals surface area contributed by atoms with Crippen LogP contribution in [0.2, 0.25) is 0 Å². The van der Waals surface area contributed by atoms with Crippen molar-refractivity contribution in [3.8, 4) is 11.5 Å². The summed E-state index contributed by atoms with van der Waals surface area (Å²) in [5, 5.41) is 13.9. The highest BCUT2D eigenvalue weighted by Crippen LogP contribution is 2.43.